The van der Waals surface area contributed by atoms with Gasteiger partial charge in [0.05, 0.1) is 0 Å². The summed E-state index contributed by atoms with van der Waals surface area (Å²) in [6, 6.07) is 1.02. The van der Waals surface area contributed by atoms with E-state index in [1.165, 1.54) is 13.8 Å². The summed E-state index contributed by atoms with van der Waals surface area (Å²) in [5.74, 6) is -4.67. The van der Waals surface area contributed by atoms with Crippen LogP contribution in [0.15, 0.2) is 12.1 Å². The molecule has 9 heteroatoms. The van der Waals surface area contributed by atoms with Crippen molar-refractivity contribution in [2.24, 2.45) is 0 Å². The van der Waals surface area contributed by atoms with Crippen LogP contribution < -0.4 is 4.65 Å². The monoisotopic (exact) mass is 284 g/mol. The Kier molecular flexibility index (Phi) is 4.75. The van der Waals surface area contributed by atoms with Crippen LogP contribution in [-0.2, 0) is 10.8 Å². The van der Waals surface area contributed by atoms with Gasteiger partial charge < -0.3 is 14.3 Å². The van der Waals surface area contributed by atoms with Gasteiger partial charge in [-0.25, -0.2) is 8.78 Å². The maximum Gasteiger partial charge on any atom is 0.710 e. The Hall–Kier alpha value is -1.35. The summed E-state index contributed by atoms with van der Waals surface area (Å²) < 4.78 is 72.8. The second-order valence-electron chi connectivity index (χ2n) is 3.84. The Balaban J connectivity index is 3.05. The van der Waals surface area contributed by atoms with E-state index in [1.807, 2.05) is 0 Å². The maximum atomic E-state index is 13.5. The highest BCUT2D eigenvalue weighted by Crippen LogP contribution is 2.36. The number of halogens is 5. The van der Waals surface area contributed by atoms with Gasteiger partial charge >= 0.3 is 13.5 Å². The molecule has 0 unspecified atom stereocenters. The minimum absolute atomic E-state index is 0.392. The maximum absolute atomic E-state index is 13.5. The van der Waals surface area contributed by atoms with Gasteiger partial charge in [0, 0.05) is 6.10 Å². The largest absolute Gasteiger partial charge is 0.710 e. The van der Waals surface area contributed by atoms with Crippen LogP contribution >= 0.6 is 0 Å². The zero-order valence-corrected chi connectivity index (χ0v) is 9.96. The van der Waals surface area contributed by atoms with Crippen molar-refractivity contribution in [3.63, 3.8) is 0 Å². The lowest BCUT2D eigenvalue weighted by Gasteiger charge is -2.15. The molecule has 1 rings (SSSR count). The van der Waals surface area contributed by atoms with Crippen molar-refractivity contribution in [1.82, 2.24) is 0 Å². The fraction of sp³-hybridized carbons (Fsp3) is 0.400. The summed E-state index contributed by atoms with van der Waals surface area (Å²) in [6.07, 6.45) is -5.71. The van der Waals surface area contributed by atoms with Crippen LogP contribution in [0.4, 0.5) is 22.0 Å². The van der Waals surface area contributed by atoms with Crippen molar-refractivity contribution in [1.29, 1.82) is 0 Å². The molecule has 0 aliphatic rings. The van der Waals surface area contributed by atoms with E-state index in [0.29, 0.717) is 12.1 Å². The van der Waals surface area contributed by atoms with Crippen molar-refractivity contribution in [3.8, 4) is 5.75 Å². The van der Waals surface area contributed by atoms with Gasteiger partial charge in [0.15, 0.2) is 5.82 Å². The van der Waals surface area contributed by atoms with E-state index in [2.05, 4.69) is 9.31 Å². The topological polar surface area (TPSA) is 38.7 Å². The Morgan fingerprint density at radius 1 is 1.21 bits per heavy atom. The third-order valence-electron chi connectivity index (χ3n) is 1.96. The van der Waals surface area contributed by atoms with Gasteiger partial charge in [-0.05, 0) is 26.0 Å². The molecule has 0 aliphatic carbocycles. The molecule has 0 aliphatic heterocycles. The molecular formula is C10H10BF5O3. The molecule has 0 radical (unpaired) electrons. The van der Waals surface area contributed by atoms with Gasteiger partial charge in [-0.15, -0.1) is 0 Å². The highest BCUT2D eigenvalue weighted by Gasteiger charge is 2.39. The standard InChI is InChI=1S/C10H10BF5O3/c1-5(2)18-11(17)19-7-4-3-6(12)8(9(7)13)10(14,15)16/h3-5,17H,1-2H3. The average Bonchev–Trinajstić information content (AvgIpc) is 2.19. The summed E-state index contributed by atoms with van der Waals surface area (Å²) >= 11 is 0. The first-order valence-corrected chi connectivity index (χ1v) is 5.18. The average molecular weight is 284 g/mol. The van der Waals surface area contributed by atoms with E-state index in [9.17, 15) is 27.0 Å². The molecule has 0 heterocycles. The van der Waals surface area contributed by atoms with Crippen molar-refractivity contribution < 1.29 is 36.3 Å². The lowest BCUT2D eigenvalue weighted by atomic mass is 10.1. The van der Waals surface area contributed by atoms with E-state index in [0.717, 1.165) is 0 Å². The lowest BCUT2D eigenvalue weighted by molar-refractivity contribution is -0.142. The molecule has 3 nitrogen and oxygen atoms in total. The molecule has 1 aromatic carbocycles. The van der Waals surface area contributed by atoms with Gasteiger partial charge in [0.25, 0.3) is 0 Å². The second-order valence-corrected chi connectivity index (χ2v) is 3.84. The van der Waals surface area contributed by atoms with E-state index in [1.54, 1.807) is 0 Å². The molecule has 0 saturated heterocycles. The predicted molar refractivity (Wildman–Crippen MR) is 56.2 cm³/mol. The molecule has 1 N–H and O–H groups in total. The summed E-state index contributed by atoms with van der Waals surface area (Å²) in [4.78, 5) is 0. The third kappa shape index (κ3) is 4.07. The number of hydrogen-bond donors (Lipinski definition) is 1. The van der Waals surface area contributed by atoms with Crippen LogP contribution in [0.2, 0.25) is 0 Å². The predicted octanol–water partition coefficient (Wildman–Crippen LogP) is 2.76. The quantitative estimate of drug-likeness (QED) is 0.682. The van der Waals surface area contributed by atoms with E-state index in [-0.39, 0.29) is 0 Å². The van der Waals surface area contributed by atoms with Crippen LogP contribution in [0, 0.1) is 11.6 Å². The second kappa shape index (κ2) is 5.75. The highest BCUT2D eigenvalue weighted by molar-refractivity contribution is 6.35. The first kappa shape index (κ1) is 15.7. The molecule has 0 bridgehead atoms. The smallest absolute Gasteiger partial charge is 0.509 e. The Labute approximate surface area is 106 Å². The van der Waals surface area contributed by atoms with Gasteiger partial charge in [-0.3, -0.25) is 0 Å². The van der Waals surface area contributed by atoms with Crippen molar-refractivity contribution in [3.05, 3.63) is 29.3 Å². The molecule has 0 atom stereocenters. The highest BCUT2D eigenvalue weighted by atomic mass is 19.4. The normalized spacial score (nSPS) is 11.8. The Morgan fingerprint density at radius 2 is 1.79 bits per heavy atom. The van der Waals surface area contributed by atoms with Crippen LogP contribution in [0.3, 0.4) is 0 Å². The van der Waals surface area contributed by atoms with Crippen LogP contribution in [0.25, 0.3) is 0 Å². The van der Waals surface area contributed by atoms with Gasteiger partial charge in [-0.2, -0.15) is 13.2 Å². The molecule has 19 heavy (non-hydrogen) atoms. The minimum atomic E-state index is -5.21. The lowest BCUT2D eigenvalue weighted by Crippen LogP contribution is -2.30. The zero-order chi connectivity index (χ0) is 14.8. The molecule has 106 valence electrons. The van der Waals surface area contributed by atoms with Gasteiger partial charge in [0.1, 0.15) is 17.1 Å². The van der Waals surface area contributed by atoms with Gasteiger partial charge in [0.2, 0.25) is 0 Å². The van der Waals surface area contributed by atoms with E-state index in [4.69, 9.17) is 0 Å². The molecular weight excluding hydrogens is 274 g/mol. The third-order valence-corrected chi connectivity index (χ3v) is 1.96. The summed E-state index contributed by atoms with van der Waals surface area (Å²) in [5, 5.41) is 9.17. The number of rotatable bonds is 4. The molecule has 0 amide bonds. The van der Waals surface area contributed by atoms with Crippen molar-refractivity contribution in [2.75, 3.05) is 0 Å². The summed E-state index contributed by atoms with van der Waals surface area (Å²) in [6.45, 7) is 3.05. The first-order chi connectivity index (χ1) is 8.62. The molecule has 0 fully saturated rings. The number of hydrogen-bond acceptors (Lipinski definition) is 3. The number of benzene rings is 1. The minimum Gasteiger partial charge on any atom is -0.509 e. The fourth-order valence-corrected chi connectivity index (χ4v) is 1.25. The van der Waals surface area contributed by atoms with Crippen LogP contribution in [0.1, 0.15) is 19.4 Å². The zero-order valence-electron chi connectivity index (χ0n) is 9.96. The molecule has 0 spiro atoms. The van der Waals surface area contributed by atoms with E-state index < -0.39 is 42.5 Å². The number of alkyl halides is 3. The first-order valence-electron chi connectivity index (χ1n) is 5.18. The summed E-state index contributed by atoms with van der Waals surface area (Å²) in [7, 11) is -1.96. The summed E-state index contributed by atoms with van der Waals surface area (Å²) in [5.41, 5.74) is -2.08. The van der Waals surface area contributed by atoms with Gasteiger partial charge in [-0.1, -0.05) is 0 Å². The van der Waals surface area contributed by atoms with E-state index >= 15 is 0 Å². The molecule has 1 aromatic rings. The molecule has 0 aromatic heterocycles. The van der Waals surface area contributed by atoms with Crippen LogP contribution in [-0.4, -0.2) is 18.4 Å². The SMILES string of the molecule is CC(C)OB(O)Oc1ccc(F)c(C(F)(F)F)c1F. The fourth-order valence-electron chi connectivity index (χ4n) is 1.25. The molecule has 0 saturated carbocycles. The Morgan fingerprint density at radius 3 is 2.26 bits per heavy atom. The Bertz CT molecular complexity index is 450. The van der Waals surface area contributed by atoms with Crippen molar-refractivity contribution in [2.45, 2.75) is 26.1 Å². The van der Waals surface area contributed by atoms with Crippen LogP contribution in [0.5, 0.6) is 5.75 Å². The van der Waals surface area contributed by atoms with Crippen molar-refractivity contribution >= 4 is 7.32 Å².